The van der Waals surface area contributed by atoms with Crippen LogP contribution in [0.3, 0.4) is 0 Å². The summed E-state index contributed by atoms with van der Waals surface area (Å²) in [5.41, 5.74) is 0.0908. The van der Waals surface area contributed by atoms with Crippen LogP contribution in [0.5, 0.6) is 0 Å². The molecule has 0 spiro atoms. The summed E-state index contributed by atoms with van der Waals surface area (Å²) in [6.45, 7) is 3.12. The van der Waals surface area contributed by atoms with Crippen molar-refractivity contribution in [2.24, 2.45) is 0 Å². The number of aryl methyl sites for hydroxylation is 2. The smallest absolute Gasteiger partial charge is 0.341 e. The molecular weight excluding hydrogens is 248 g/mol. The predicted octanol–water partition coefficient (Wildman–Crippen LogP) is 0.442. The summed E-state index contributed by atoms with van der Waals surface area (Å²) in [6.07, 6.45) is 1.93. The van der Waals surface area contributed by atoms with E-state index in [1.807, 2.05) is 0 Å². The van der Waals surface area contributed by atoms with Crippen LogP contribution in [-0.4, -0.2) is 27.6 Å². The largest absolute Gasteiger partial charge is 0.477 e. The van der Waals surface area contributed by atoms with Gasteiger partial charge in [0.05, 0.1) is 0 Å². The van der Waals surface area contributed by atoms with Crippen LogP contribution >= 0.6 is 0 Å². The summed E-state index contributed by atoms with van der Waals surface area (Å²) >= 11 is 0. The maximum atomic E-state index is 12.1. The van der Waals surface area contributed by atoms with Gasteiger partial charge in [-0.15, -0.1) is 0 Å². The summed E-state index contributed by atoms with van der Waals surface area (Å²) < 4.78 is 1.20. The van der Waals surface area contributed by atoms with Crippen LogP contribution in [0.1, 0.15) is 34.5 Å². The molecule has 1 saturated carbocycles. The van der Waals surface area contributed by atoms with Crippen LogP contribution in [0.4, 0.5) is 0 Å². The van der Waals surface area contributed by atoms with Crippen LogP contribution in [-0.2, 0) is 11.3 Å². The van der Waals surface area contributed by atoms with E-state index < -0.39 is 11.5 Å². The minimum atomic E-state index is -1.26. The monoisotopic (exact) mass is 264 g/mol. The quantitative estimate of drug-likeness (QED) is 0.826. The van der Waals surface area contributed by atoms with E-state index in [0.717, 1.165) is 12.8 Å². The number of carbonyl (C=O) groups excluding carboxylic acids is 1. The topological polar surface area (TPSA) is 88.4 Å². The van der Waals surface area contributed by atoms with Crippen molar-refractivity contribution in [1.82, 2.24) is 9.88 Å². The summed E-state index contributed by atoms with van der Waals surface area (Å²) in [5, 5.41) is 11.8. The third kappa shape index (κ3) is 2.83. The van der Waals surface area contributed by atoms with Gasteiger partial charge in [-0.3, -0.25) is 9.59 Å². The molecule has 2 rings (SSSR count). The average Bonchev–Trinajstić information content (AvgIpc) is 3.07. The first-order chi connectivity index (χ1) is 8.90. The Labute approximate surface area is 110 Å². The van der Waals surface area contributed by atoms with Crippen LogP contribution in [0.2, 0.25) is 0 Å². The number of nitrogens with zero attached hydrogens (tertiary/aromatic N) is 1. The molecule has 6 heteroatoms. The number of nitrogens with one attached hydrogen (secondary N) is 1. The molecule has 1 amide bonds. The Kier molecular flexibility index (Phi) is 3.42. The van der Waals surface area contributed by atoms with Gasteiger partial charge in [0.25, 0.3) is 5.56 Å². The van der Waals surface area contributed by atoms with E-state index in [1.165, 1.54) is 4.57 Å². The Bertz CT molecular complexity index is 599. The second-order valence-electron chi connectivity index (χ2n) is 4.88. The van der Waals surface area contributed by atoms with Gasteiger partial charge in [-0.2, -0.15) is 0 Å². The summed E-state index contributed by atoms with van der Waals surface area (Å²) in [6, 6.07) is 1.82. The third-order valence-electron chi connectivity index (χ3n) is 3.16. The lowest BCUT2D eigenvalue weighted by molar-refractivity contribution is -0.121. The highest BCUT2D eigenvalue weighted by Gasteiger charge is 2.24. The highest BCUT2D eigenvalue weighted by Crippen LogP contribution is 2.18. The number of aromatic carboxylic acids is 1. The number of rotatable bonds is 4. The average molecular weight is 264 g/mol. The molecule has 1 aromatic heterocycles. The lowest BCUT2D eigenvalue weighted by atomic mass is 10.1. The van der Waals surface area contributed by atoms with Crippen LogP contribution in [0.15, 0.2) is 10.9 Å². The van der Waals surface area contributed by atoms with Gasteiger partial charge in [0.15, 0.2) is 0 Å². The van der Waals surface area contributed by atoms with Gasteiger partial charge in [0.1, 0.15) is 12.1 Å². The zero-order valence-corrected chi connectivity index (χ0v) is 10.9. The van der Waals surface area contributed by atoms with Gasteiger partial charge in [-0.05, 0) is 38.3 Å². The van der Waals surface area contributed by atoms with Crippen molar-refractivity contribution in [1.29, 1.82) is 0 Å². The van der Waals surface area contributed by atoms with Crippen molar-refractivity contribution in [3.05, 3.63) is 33.2 Å². The Morgan fingerprint density at radius 2 is 2.05 bits per heavy atom. The lowest BCUT2D eigenvalue weighted by Crippen LogP contribution is -2.36. The molecular formula is C13H16N2O4. The van der Waals surface area contributed by atoms with Crippen LogP contribution in [0, 0.1) is 13.8 Å². The highest BCUT2D eigenvalue weighted by molar-refractivity contribution is 5.89. The Morgan fingerprint density at radius 3 is 2.58 bits per heavy atom. The normalized spacial score (nSPS) is 14.2. The second-order valence-corrected chi connectivity index (χ2v) is 4.88. The number of amides is 1. The number of carboxylic acids is 1. The number of hydrogen-bond donors (Lipinski definition) is 2. The molecule has 2 N–H and O–H groups in total. The van der Waals surface area contributed by atoms with Crippen molar-refractivity contribution in [2.45, 2.75) is 39.3 Å². The van der Waals surface area contributed by atoms with Gasteiger partial charge in [0, 0.05) is 11.7 Å². The Balaban J connectivity index is 2.33. The zero-order chi connectivity index (χ0) is 14.2. The molecule has 102 valence electrons. The molecule has 1 heterocycles. The molecule has 0 bridgehead atoms. The fourth-order valence-corrected chi connectivity index (χ4v) is 2.03. The SMILES string of the molecule is Cc1cc(C)n(CC(=O)NC2CC2)c(=O)c1C(=O)O. The van der Waals surface area contributed by atoms with E-state index in [4.69, 9.17) is 5.11 Å². The molecule has 0 unspecified atom stereocenters. The van der Waals surface area contributed by atoms with Crippen molar-refractivity contribution in [3.8, 4) is 0 Å². The van der Waals surface area contributed by atoms with Crippen molar-refractivity contribution >= 4 is 11.9 Å². The van der Waals surface area contributed by atoms with Gasteiger partial charge < -0.3 is 15.0 Å². The van der Waals surface area contributed by atoms with E-state index in [0.29, 0.717) is 11.3 Å². The molecule has 1 aliphatic rings. The third-order valence-corrected chi connectivity index (χ3v) is 3.16. The fraction of sp³-hybridized carbons (Fsp3) is 0.462. The minimum Gasteiger partial charge on any atom is -0.477 e. The molecule has 0 radical (unpaired) electrons. The Hall–Kier alpha value is -2.11. The molecule has 19 heavy (non-hydrogen) atoms. The molecule has 1 aromatic rings. The standard InChI is InChI=1S/C13H16N2O4/c1-7-5-8(2)15(12(17)11(7)13(18)19)6-10(16)14-9-3-4-9/h5,9H,3-4,6H2,1-2H3,(H,14,16)(H,18,19). The molecule has 0 saturated heterocycles. The maximum absolute atomic E-state index is 12.1. The molecule has 6 nitrogen and oxygen atoms in total. The number of hydrogen-bond acceptors (Lipinski definition) is 3. The Morgan fingerprint density at radius 1 is 1.42 bits per heavy atom. The van der Waals surface area contributed by atoms with E-state index in [-0.39, 0.29) is 24.1 Å². The molecule has 0 aliphatic heterocycles. The van der Waals surface area contributed by atoms with Gasteiger partial charge in [-0.25, -0.2) is 4.79 Å². The van der Waals surface area contributed by atoms with E-state index in [1.54, 1.807) is 19.9 Å². The van der Waals surface area contributed by atoms with Gasteiger partial charge in [0.2, 0.25) is 5.91 Å². The zero-order valence-electron chi connectivity index (χ0n) is 10.9. The minimum absolute atomic E-state index is 0.137. The van der Waals surface area contributed by atoms with E-state index >= 15 is 0 Å². The first kappa shape index (κ1) is 13.3. The molecule has 0 atom stereocenters. The molecule has 0 aromatic carbocycles. The number of carboxylic acid groups (broad SMARTS) is 1. The summed E-state index contributed by atoms with van der Waals surface area (Å²) in [5.74, 6) is -1.52. The van der Waals surface area contributed by atoms with Crippen LogP contribution in [0.25, 0.3) is 0 Å². The van der Waals surface area contributed by atoms with Crippen molar-refractivity contribution in [2.75, 3.05) is 0 Å². The van der Waals surface area contributed by atoms with E-state index in [9.17, 15) is 14.4 Å². The van der Waals surface area contributed by atoms with Crippen LogP contribution < -0.4 is 10.9 Å². The highest BCUT2D eigenvalue weighted by atomic mass is 16.4. The van der Waals surface area contributed by atoms with Crippen molar-refractivity contribution in [3.63, 3.8) is 0 Å². The number of carbonyl (C=O) groups is 2. The molecule has 1 fully saturated rings. The summed E-state index contributed by atoms with van der Waals surface area (Å²) in [7, 11) is 0. The maximum Gasteiger partial charge on any atom is 0.341 e. The van der Waals surface area contributed by atoms with Gasteiger partial charge in [-0.1, -0.05) is 0 Å². The van der Waals surface area contributed by atoms with Crippen molar-refractivity contribution < 1.29 is 14.7 Å². The first-order valence-corrected chi connectivity index (χ1v) is 6.14. The summed E-state index contributed by atoms with van der Waals surface area (Å²) in [4.78, 5) is 34.9. The predicted molar refractivity (Wildman–Crippen MR) is 68.3 cm³/mol. The fourth-order valence-electron chi connectivity index (χ4n) is 2.03. The number of aromatic nitrogens is 1. The first-order valence-electron chi connectivity index (χ1n) is 6.14. The molecule has 1 aliphatic carbocycles. The number of pyridine rings is 1. The van der Waals surface area contributed by atoms with Gasteiger partial charge >= 0.3 is 5.97 Å². The second kappa shape index (κ2) is 4.87. The van der Waals surface area contributed by atoms with E-state index in [2.05, 4.69) is 5.32 Å². The lowest BCUT2D eigenvalue weighted by Gasteiger charge is -2.12.